The summed E-state index contributed by atoms with van der Waals surface area (Å²) in [7, 11) is 0. The van der Waals surface area contributed by atoms with Crippen molar-refractivity contribution in [2.45, 2.75) is 19.3 Å². The van der Waals surface area contributed by atoms with Crippen LogP contribution in [0.5, 0.6) is 0 Å². The first-order valence-electron chi connectivity index (χ1n) is 6.07. The van der Waals surface area contributed by atoms with Gasteiger partial charge in [0, 0.05) is 18.9 Å². The molecule has 0 spiro atoms. The molecule has 0 unspecified atom stereocenters. The van der Waals surface area contributed by atoms with Crippen LogP contribution in [-0.4, -0.2) is 24.3 Å². The van der Waals surface area contributed by atoms with Crippen LogP contribution in [0.15, 0.2) is 17.5 Å². The van der Waals surface area contributed by atoms with E-state index in [1.165, 1.54) is 11.3 Å². The Balaban J connectivity index is 1.58. The van der Waals surface area contributed by atoms with Gasteiger partial charge in [0.05, 0.1) is 4.88 Å². The van der Waals surface area contributed by atoms with Crippen LogP contribution in [0.4, 0.5) is 0 Å². The Labute approximate surface area is 114 Å². The van der Waals surface area contributed by atoms with Crippen molar-refractivity contribution in [3.05, 3.63) is 22.4 Å². The highest BCUT2D eigenvalue weighted by molar-refractivity contribution is 7.12. The van der Waals surface area contributed by atoms with Gasteiger partial charge in [0.15, 0.2) is 0 Å². The second-order valence-corrected chi connectivity index (χ2v) is 5.24. The van der Waals surface area contributed by atoms with Gasteiger partial charge in [-0.25, -0.2) is 0 Å². The van der Waals surface area contributed by atoms with Gasteiger partial charge in [0.1, 0.15) is 0 Å². The van der Waals surface area contributed by atoms with Crippen molar-refractivity contribution in [3.8, 4) is 0 Å². The maximum atomic E-state index is 11.5. The van der Waals surface area contributed by atoms with Crippen LogP contribution in [0, 0.1) is 5.92 Å². The van der Waals surface area contributed by atoms with Crippen molar-refractivity contribution < 1.29 is 14.4 Å². The molecule has 0 aliphatic heterocycles. The van der Waals surface area contributed by atoms with Gasteiger partial charge in [0.25, 0.3) is 5.91 Å². The Morgan fingerprint density at radius 2 is 2.05 bits per heavy atom. The molecule has 3 amide bonds. The van der Waals surface area contributed by atoms with Gasteiger partial charge in [-0.05, 0) is 24.3 Å². The molecule has 0 aromatic carbocycles. The maximum absolute atomic E-state index is 11.5. The molecular weight excluding hydrogens is 266 g/mol. The third kappa shape index (κ3) is 4.36. The average Bonchev–Trinajstić information content (AvgIpc) is 3.10. The van der Waals surface area contributed by atoms with Gasteiger partial charge in [-0.1, -0.05) is 6.07 Å². The summed E-state index contributed by atoms with van der Waals surface area (Å²) in [6.45, 7) is 0.238. The molecular formula is C12H15N3O3S. The summed E-state index contributed by atoms with van der Waals surface area (Å²) in [5, 5.41) is 4.45. The van der Waals surface area contributed by atoms with Crippen molar-refractivity contribution in [2.24, 2.45) is 5.92 Å². The highest BCUT2D eigenvalue weighted by Gasteiger charge is 2.29. The van der Waals surface area contributed by atoms with Crippen LogP contribution in [0.3, 0.4) is 0 Å². The predicted molar refractivity (Wildman–Crippen MR) is 70.3 cm³/mol. The van der Waals surface area contributed by atoms with Gasteiger partial charge >= 0.3 is 0 Å². The molecule has 1 heterocycles. The maximum Gasteiger partial charge on any atom is 0.261 e. The summed E-state index contributed by atoms with van der Waals surface area (Å²) < 4.78 is 0. The van der Waals surface area contributed by atoms with Crippen LogP contribution in [-0.2, 0) is 9.59 Å². The van der Waals surface area contributed by atoms with Crippen molar-refractivity contribution in [2.75, 3.05) is 6.54 Å². The van der Waals surface area contributed by atoms with E-state index in [9.17, 15) is 14.4 Å². The zero-order valence-corrected chi connectivity index (χ0v) is 11.1. The first-order chi connectivity index (χ1) is 9.16. The molecule has 1 aliphatic carbocycles. The summed E-state index contributed by atoms with van der Waals surface area (Å²) in [4.78, 5) is 34.8. The topological polar surface area (TPSA) is 87.3 Å². The Morgan fingerprint density at radius 1 is 1.26 bits per heavy atom. The molecule has 6 nitrogen and oxygen atoms in total. The summed E-state index contributed by atoms with van der Waals surface area (Å²) in [6.07, 6.45) is 1.90. The Bertz CT molecular complexity index is 469. The van der Waals surface area contributed by atoms with Crippen LogP contribution in [0.1, 0.15) is 28.9 Å². The fourth-order valence-corrected chi connectivity index (χ4v) is 2.07. The van der Waals surface area contributed by atoms with E-state index in [2.05, 4.69) is 16.2 Å². The minimum atomic E-state index is -0.319. The largest absolute Gasteiger partial charge is 0.351 e. The lowest BCUT2D eigenvalue weighted by atomic mass is 10.4. The molecule has 0 saturated heterocycles. The van der Waals surface area contributed by atoms with Crippen LogP contribution >= 0.6 is 11.3 Å². The van der Waals surface area contributed by atoms with E-state index >= 15 is 0 Å². The molecule has 1 aromatic rings. The Morgan fingerprint density at radius 3 is 2.68 bits per heavy atom. The van der Waals surface area contributed by atoms with Crippen molar-refractivity contribution in [3.63, 3.8) is 0 Å². The third-order valence-corrected chi connectivity index (χ3v) is 3.52. The minimum Gasteiger partial charge on any atom is -0.351 e. The van der Waals surface area contributed by atoms with E-state index in [-0.39, 0.29) is 36.6 Å². The number of thiophene rings is 1. The quantitative estimate of drug-likeness (QED) is 0.684. The zero-order valence-electron chi connectivity index (χ0n) is 10.3. The van der Waals surface area contributed by atoms with Crippen LogP contribution in [0.25, 0.3) is 0 Å². The molecule has 0 radical (unpaired) electrons. The number of nitrogens with one attached hydrogen (secondary N) is 3. The first kappa shape index (κ1) is 13.5. The highest BCUT2D eigenvalue weighted by Crippen LogP contribution is 2.28. The number of hydrogen-bond donors (Lipinski definition) is 3. The van der Waals surface area contributed by atoms with Crippen molar-refractivity contribution >= 4 is 29.1 Å². The fraction of sp³-hybridized carbons (Fsp3) is 0.417. The third-order valence-electron chi connectivity index (χ3n) is 2.66. The van der Waals surface area contributed by atoms with Gasteiger partial charge in [-0.3, -0.25) is 25.2 Å². The molecule has 0 bridgehead atoms. The van der Waals surface area contributed by atoms with Gasteiger partial charge < -0.3 is 5.32 Å². The van der Waals surface area contributed by atoms with E-state index in [1.807, 2.05) is 5.38 Å². The van der Waals surface area contributed by atoms with E-state index < -0.39 is 0 Å². The second kappa shape index (κ2) is 6.33. The molecule has 1 fully saturated rings. The molecule has 0 atom stereocenters. The SMILES string of the molecule is O=C(CCNC(=O)c1cccs1)NNC(=O)C1CC1. The van der Waals surface area contributed by atoms with E-state index in [1.54, 1.807) is 12.1 Å². The molecule has 19 heavy (non-hydrogen) atoms. The number of hydrogen-bond acceptors (Lipinski definition) is 4. The summed E-state index contributed by atoms with van der Waals surface area (Å²) in [5.41, 5.74) is 4.69. The molecule has 1 saturated carbocycles. The van der Waals surface area contributed by atoms with Gasteiger partial charge in [-0.15, -0.1) is 11.3 Å². The molecule has 102 valence electrons. The van der Waals surface area contributed by atoms with E-state index in [4.69, 9.17) is 0 Å². The standard InChI is InChI=1S/C12H15N3O3S/c16-10(14-15-11(17)8-3-4-8)5-6-13-12(18)9-2-1-7-19-9/h1-2,7-8H,3-6H2,(H,13,18)(H,14,16)(H,15,17). The highest BCUT2D eigenvalue weighted by atomic mass is 32.1. The average molecular weight is 281 g/mol. The first-order valence-corrected chi connectivity index (χ1v) is 6.95. The summed E-state index contributed by atoms with van der Waals surface area (Å²) >= 11 is 1.34. The molecule has 3 N–H and O–H groups in total. The fourth-order valence-electron chi connectivity index (χ4n) is 1.43. The lowest BCUT2D eigenvalue weighted by Crippen LogP contribution is -2.43. The number of carbonyl (C=O) groups is 3. The molecule has 1 aromatic heterocycles. The van der Waals surface area contributed by atoms with Gasteiger partial charge in [-0.2, -0.15) is 0 Å². The normalized spacial score (nSPS) is 13.7. The van der Waals surface area contributed by atoms with Crippen molar-refractivity contribution in [1.82, 2.24) is 16.2 Å². The monoisotopic (exact) mass is 281 g/mol. The predicted octanol–water partition coefficient (Wildman–Crippen LogP) is 0.425. The van der Waals surface area contributed by atoms with Crippen LogP contribution in [0.2, 0.25) is 0 Å². The number of hydrazine groups is 1. The molecule has 2 rings (SSSR count). The summed E-state index contributed by atoms with van der Waals surface area (Å²) in [6, 6.07) is 3.51. The van der Waals surface area contributed by atoms with E-state index in [0.717, 1.165) is 12.8 Å². The number of carbonyl (C=O) groups excluding carboxylic acids is 3. The lowest BCUT2D eigenvalue weighted by Gasteiger charge is -2.07. The molecule has 1 aliphatic rings. The van der Waals surface area contributed by atoms with Crippen molar-refractivity contribution in [1.29, 1.82) is 0 Å². The molecule has 7 heteroatoms. The smallest absolute Gasteiger partial charge is 0.261 e. The Hall–Kier alpha value is -1.89. The van der Waals surface area contributed by atoms with Crippen LogP contribution < -0.4 is 16.2 Å². The van der Waals surface area contributed by atoms with Gasteiger partial charge in [0.2, 0.25) is 11.8 Å². The summed E-state index contributed by atoms with van der Waals surface area (Å²) in [5.74, 6) is -0.597. The lowest BCUT2D eigenvalue weighted by molar-refractivity contribution is -0.129. The Kier molecular flexibility index (Phi) is 4.51. The number of amides is 3. The zero-order chi connectivity index (χ0) is 13.7. The second-order valence-electron chi connectivity index (χ2n) is 4.29. The number of rotatable bonds is 5. The minimum absolute atomic E-state index is 0.0545. The van der Waals surface area contributed by atoms with E-state index in [0.29, 0.717) is 4.88 Å².